The number of fused-ring (bicyclic) bond motifs is 3. The lowest BCUT2D eigenvalue weighted by molar-refractivity contribution is 0.0746. The van der Waals surface area contributed by atoms with E-state index >= 15 is 0 Å². The minimum atomic E-state index is -0.284. The fourth-order valence-electron chi connectivity index (χ4n) is 3.95. The molecular weight excluding hydrogens is 290 g/mol. The summed E-state index contributed by atoms with van der Waals surface area (Å²) in [6.07, 6.45) is 3.27. The van der Waals surface area contributed by atoms with Crippen LogP contribution in [0.25, 0.3) is 10.9 Å². The van der Waals surface area contributed by atoms with Crippen LogP contribution in [0.1, 0.15) is 35.2 Å². The number of pyridine rings is 1. The van der Waals surface area contributed by atoms with Crippen LogP contribution in [0.4, 0.5) is 0 Å². The number of likely N-dealkylation sites (tertiary alicyclic amines) is 1. The van der Waals surface area contributed by atoms with Crippen molar-refractivity contribution in [2.24, 2.45) is 0 Å². The molecule has 2 aliphatic rings. The van der Waals surface area contributed by atoms with E-state index in [9.17, 15) is 9.59 Å². The summed E-state index contributed by atoms with van der Waals surface area (Å²) < 4.78 is 0. The van der Waals surface area contributed by atoms with E-state index in [0.29, 0.717) is 24.2 Å². The lowest BCUT2D eigenvalue weighted by Crippen LogP contribution is -2.41. The number of nitrogens with one attached hydrogen (secondary N) is 2. The average Bonchev–Trinajstić information content (AvgIpc) is 2.86. The molecule has 0 aliphatic carbocycles. The normalized spacial score (nSPS) is 24.0. The first-order chi connectivity index (χ1) is 11.1. The van der Waals surface area contributed by atoms with Gasteiger partial charge in [-0.25, -0.2) is 0 Å². The summed E-state index contributed by atoms with van der Waals surface area (Å²) in [5.41, 5.74) is 1.56. The predicted molar refractivity (Wildman–Crippen MR) is 89.8 cm³/mol. The number of aromatic nitrogens is 1. The fourth-order valence-corrected chi connectivity index (χ4v) is 3.95. The summed E-state index contributed by atoms with van der Waals surface area (Å²) in [6, 6.07) is 8.52. The van der Waals surface area contributed by atoms with Gasteiger partial charge in [0.25, 0.3) is 11.5 Å². The Bertz CT molecular complexity index is 827. The summed E-state index contributed by atoms with van der Waals surface area (Å²) in [4.78, 5) is 30.2. The molecule has 1 aromatic heterocycles. The number of amides is 1. The Morgan fingerprint density at radius 2 is 1.96 bits per heavy atom. The van der Waals surface area contributed by atoms with E-state index in [1.165, 1.54) is 6.42 Å². The number of rotatable bonds is 1. The van der Waals surface area contributed by atoms with Crippen LogP contribution in [0.5, 0.6) is 0 Å². The highest BCUT2D eigenvalue weighted by Gasteiger charge is 2.32. The fraction of sp³-hybridized carbons (Fsp3) is 0.444. The van der Waals surface area contributed by atoms with Crippen molar-refractivity contribution in [3.63, 3.8) is 0 Å². The number of hydrogen-bond donors (Lipinski definition) is 2. The van der Waals surface area contributed by atoms with Crippen LogP contribution < -0.4 is 10.9 Å². The molecule has 23 heavy (non-hydrogen) atoms. The maximum atomic E-state index is 13.0. The molecule has 2 bridgehead atoms. The number of aryl methyl sites for hydroxylation is 1. The molecule has 3 heterocycles. The van der Waals surface area contributed by atoms with Gasteiger partial charge >= 0.3 is 0 Å². The molecule has 2 N–H and O–H groups in total. The molecule has 0 saturated carbocycles. The van der Waals surface area contributed by atoms with E-state index in [4.69, 9.17) is 0 Å². The van der Waals surface area contributed by atoms with Crippen LogP contribution in [-0.4, -0.2) is 41.0 Å². The number of hydrogen-bond acceptors (Lipinski definition) is 3. The summed E-state index contributed by atoms with van der Waals surface area (Å²) in [6.45, 7) is 3.28. The minimum Gasteiger partial charge on any atom is -0.337 e. The molecule has 2 atom stereocenters. The molecule has 0 spiro atoms. The zero-order valence-electron chi connectivity index (χ0n) is 13.3. The van der Waals surface area contributed by atoms with Gasteiger partial charge in [0.1, 0.15) is 5.56 Å². The van der Waals surface area contributed by atoms with Gasteiger partial charge in [0, 0.05) is 36.1 Å². The highest BCUT2D eigenvalue weighted by atomic mass is 16.2. The summed E-state index contributed by atoms with van der Waals surface area (Å²) in [7, 11) is 0. The Balaban J connectivity index is 1.73. The maximum Gasteiger partial charge on any atom is 0.261 e. The van der Waals surface area contributed by atoms with Gasteiger partial charge in [-0.15, -0.1) is 0 Å². The molecule has 5 heteroatoms. The van der Waals surface area contributed by atoms with Crippen molar-refractivity contribution in [1.29, 1.82) is 0 Å². The Morgan fingerprint density at radius 1 is 1.17 bits per heavy atom. The van der Waals surface area contributed by atoms with Crippen LogP contribution in [0.2, 0.25) is 0 Å². The van der Waals surface area contributed by atoms with Gasteiger partial charge in [-0.1, -0.05) is 18.2 Å². The van der Waals surface area contributed by atoms with Crippen molar-refractivity contribution in [3.8, 4) is 0 Å². The molecule has 2 aromatic rings. The van der Waals surface area contributed by atoms with Gasteiger partial charge in [0.2, 0.25) is 0 Å². The Kier molecular flexibility index (Phi) is 3.45. The van der Waals surface area contributed by atoms with E-state index in [1.807, 2.05) is 36.1 Å². The lowest BCUT2D eigenvalue weighted by atomic mass is 10.0. The summed E-state index contributed by atoms with van der Waals surface area (Å²) in [5, 5.41) is 4.50. The van der Waals surface area contributed by atoms with Crippen molar-refractivity contribution in [1.82, 2.24) is 15.2 Å². The quantitative estimate of drug-likeness (QED) is 0.844. The van der Waals surface area contributed by atoms with Gasteiger partial charge in [-0.3, -0.25) is 9.59 Å². The molecule has 2 saturated heterocycles. The molecule has 5 nitrogen and oxygen atoms in total. The number of nitrogens with zero attached hydrogens (tertiary/aromatic N) is 1. The number of para-hydroxylation sites is 1. The summed E-state index contributed by atoms with van der Waals surface area (Å²) in [5.74, 6) is -0.135. The average molecular weight is 311 g/mol. The minimum absolute atomic E-state index is 0.135. The first-order valence-electron chi connectivity index (χ1n) is 8.30. The molecule has 2 aliphatic heterocycles. The zero-order chi connectivity index (χ0) is 16.0. The first kappa shape index (κ1) is 14.5. The number of H-pyrrole nitrogens is 1. The van der Waals surface area contributed by atoms with E-state index < -0.39 is 0 Å². The number of carbonyl (C=O) groups excluding carboxylic acids is 1. The van der Waals surface area contributed by atoms with Gasteiger partial charge in [0.15, 0.2) is 0 Å². The van der Waals surface area contributed by atoms with Crippen LogP contribution in [0, 0.1) is 6.92 Å². The molecule has 120 valence electrons. The van der Waals surface area contributed by atoms with E-state index in [2.05, 4.69) is 10.3 Å². The molecule has 1 aromatic carbocycles. The number of carbonyl (C=O) groups is 1. The molecule has 2 unspecified atom stereocenters. The second-order valence-electron chi connectivity index (χ2n) is 6.68. The third kappa shape index (κ3) is 2.45. The van der Waals surface area contributed by atoms with Crippen LogP contribution in [-0.2, 0) is 0 Å². The van der Waals surface area contributed by atoms with Crippen LogP contribution in [0.3, 0.4) is 0 Å². The molecule has 0 radical (unpaired) electrons. The zero-order valence-corrected chi connectivity index (χ0v) is 13.3. The number of aromatic amines is 1. The van der Waals surface area contributed by atoms with Crippen LogP contribution >= 0.6 is 0 Å². The monoisotopic (exact) mass is 311 g/mol. The SMILES string of the molecule is Cc1c(C(=O)N2CCC3CCC(C2)N3)c(=O)[nH]c2ccccc12. The smallest absolute Gasteiger partial charge is 0.261 e. The molecule has 2 fully saturated rings. The van der Waals surface area contributed by atoms with E-state index in [0.717, 1.165) is 35.9 Å². The van der Waals surface area contributed by atoms with E-state index in [-0.39, 0.29) is 11.5 Å². The number of benzene rings is 1. The third-order valence-electron chi connectivity index (χ3n) is 5.21. The van der Waals surface area contributed by atoms with Gasteiger partial charge in [-0.05, 0) is 37.8 Å². The lowest BCUT2D eigenvalue weighted by Gasteiger charge is -2.24. The topological polar surface area (TPSA) is 65.2 Å². The van der Waals surface area contributed by atoms with Gasteiger partial charge in [-0.2, -0.15) is 0 Å². The van der Waals surface area contributed by atoms with Crippen LogP contribution in [0.15, 0.2) is 29.1 Å². The van der Waals surface area contributed by atoms with Crippen molar-refractivity contribution < 1.29 is 4.79 Å². The molecular formula is C18H21N3O2. The Morgan fingerprint density at radius 3 is 2.83 bits per heavy atom. The van der Waals surface area contributed by atoms with Crippen molar-refractivity contribution in [2.75, 3.05) is 13.1 Å². The summed E-state index contributed by atoms with van der Waals surface area (Å²) >= 11 is 0. The van der Waals surface area contributed by atoms with E-state index in [1.54, 1.807) is 0 Å². The van der Waals surface area contributed by atoms with Gasteiger partial charge < -0.3 is 15.2 Å². The predicted octanol–water partition coefficient (Wildman–Crippen LogP) is 1.80. The standard InChI is InChI=1S/C18H21N3O2/c1-11-14-4-2-3-5-15(14)20-17(22)16(11)18(23)21-9-8-12-6-7-13(10-21)19-12/h2-5,12-13,19H,6-10H2,1H3,(H,20,22). The highest BCUT2D eigenvalue weighted by Crippen LogP contribution is 2.23. The second-order valence-corrected chi connectivity index (χ2v) is 6.68. The van der Waals surface area contributed by atoms with Gasteiger partial charge in [0.05, 0.1) is 0 Å². The second kappa shape index (κ2) is 5.49. The van der Waals surface area contributed by atoms with Crippen molar-refractivity contribution >= 4 is 16.8 Å². The largest absolute Gasteiger partial charge is 0.337 e. The molecule has 1 amide bonds. The van der Waals surface area contributed by atoms with Crippen molar-refractivity contribution in [3.05, 3.63) is 45.7 Å². The first-order valence-corrected chi connectivity index (χ1v) is 8.30. The maximum absolute atomic E-state index is 13.0. The highest BCUT2D eigenvalue weighted by molar-refractivity contribution is 5.99. The third-order valence-corrected chi connectivity index (χ3v) is 5.21. The molecule has 4 rings (SSSR count). The Labute approximate surface area is 134 Å². The Hall–Kier alpha value is -2.14. The van der Waals surface area contributed by atoms with Crippen molar-refractivity contribution in [2.45, 2.75) is 38.3 Å².